The highest BCUT2D eigenvalue weighted by Gasteiger charge is 2.13. The molecule has 5 rings (SSSR count). The molecule has 0 aliphatic heterocycles. The summed E-state index contributed by atoms with van der Waals surface area (Å²) in [5.74, 6) is -0.262. The number of pyridine rings is 1. The van der Waals surface area contributed by atoms with Crippen LogP contribution in [0.25, 0.3) is 22.0 Å². The Hall–Kier alpha value is -5.28. The molecule has 3 aromatic carbocycles. The topological polar surface area (TPSA) is 132 Å². The number of nitrogens with one attached hydrogen (secondary N) is 4. The third-order valence-electron chi connectivity index (χ3n) is 6.15. The van der Waals surface area contributed by atoms with Gasteiger partial charge in [0.15, 0.2) is 5.82 Å². The monoisotopic (exact) mass is 518 g/mol. The molecule has 0 saturated carbocycles. The van der Waals surface area contributed by atoms with Crippen molar-refractivity contribution in [2.24, 2.45) is 0 Å². The van der Waals surface area contributed by atoms with E-state index in [0.29, 0.717) is 23.6 Å². The number of aliphatic hydroxyl groups excluding tert-OH is 1. The van der Waals surface area contributed by atoms with Crippen LogP contribution in [-0.4, -0.2) is 38.6 Å². The predicted octanol–water partition coefficient (Wildman–Crippen LogP) is 5.15. The Labute approximate surface area is 224 Å². The number of benzene rings is 3. The molecule has 9 nitrogen and oxygen atoms in total. The summed E-state index contributed by atoms with van der Waals surface area (Å²) in [6.45, 7) is 3.76. The summed E-state index contributed by atoms with van der Waals surface area (Å²) in [6.07, 6.45) is 3.99. The zero-order valence-corrected chi connectivity index (χ0v) is 20.9. The number of aromatic amines is 1. The smallest absolute Gasteiger partial charge is 0.256 e. The van der Waals surface area contributed by atoms with Crippen molar-refractivity contribution in [1.82, 2.24) is 15.2 Å². The van der Waals surface area contributed by atoms with Crippen LogP contribution in [0.5, 0.6) is 0 Å². The number of hydrogen-bond acceptors (Lipinski definition) is 6. The largest absolute Gasteiger partial charge is 0.387 e. The van der Waals surface area contributed by atoms with Crippen LogP contribution < -0.4 is 16.0 Å². The van der Waals surface area contributed by atoms with Gasteiger partial charge in [0.25, 0.3) is 5.91 Å². The van der Waals surface area contributed by atoms with Gasteiger partial charge in [0.2, 0.25) is 5.91 Å². The Morgan fingerprint density at radius 3 is 2.49 bits per heavy atom. The molecule has 0 spiro atoms. The van der Waals surface area contributed by atoms with Crippen LogP contribution in [0.15, 0.2) is 104 Å². The van der Waals surface area contributed by atoms with Gasteiger partial charge < -0.3 is 21.1 Å². The van der Waals surface area contributed by atoms with E-state index in [4.69, 9.17) is 0 Å². The van der Waals surface area contributed by atoms with Crippen molar-refractivity contribution in [2.75, 3.05) is 22.5 Å². The highest BCUT2D eigenvalue weighted by molar-refractivity contribution is 6.08. The Kier molecular flexibility index (Phi) is 7.42. The number of nitrogens with zero attached hydrogens (tertiary/aromatic N) is 2. The van der Waals surface area contributed by atoms with Crippen molar-refractivity contribution >= 4 is 39.9 Å². The molecule has 1 atom stereocenters. The second-order valence-corrected chi connectivity index (χ2v) is 8.83. The first-order valence-electron chi connectivity index (χ1n) is 12.3. The second-order valence-electron chi connectivity index (χ2n) is 8.83. The third-order valence-corrected chi connectivity index (χ3v) is 6.15. The number of carbonyl (C=O) groups excluding carboxylic acids is 2. The first-order valence-corrected chi connectivity index (χ1v) is 12.3. The van der Waals surface area contributed by atoms with Crippen LogP contribution in [0.4, 0.5) is 17.2 Å². The van der Waals surface area contributed by atoms with Gasteiger partial charge >= 0.3 is 0 Å². The van der Waals surface area contributed by atoms with E-state index < -0.39 is 6.10 Å². The number of aliphatic hydroxyl groups is 1. The maximum absolute atomic E-state index is 12.9. The molecule has 9 heteroatoms. The Morgan fingerprint density at radius 1 is 0.923 bits per heavy atom. The number of carbonyl (C=O) groups is 2. The summed E-state index contributed by atoms with van der Waals surface area (Å²) in [5, 5.41) is 27.2. The van der Waals surface area contributed by atoms with E-state index in [2.05, 4.69) is 37.7 Å². The standard InChI is InChI=1S/C30H26N6O3/c1-2-28(38)33-23-11-8-20(9-12-23)30(39)34-29-25-15-21(10-13-26(25)35-36-29)22-14-24(17-31-16-22)32-18-27(37)19-6-4-3-5-7-19/h2-17,27,32,37H,1,18H2,(H,33,38)(H2,34,35,36,39)/t27-/m0/s1. The SMILES string of the molecule is C=CC(=O)Nc1ccc(C(=O)Nc2n[nH]c3ccc(-c4cncc(NC[C@H](O)c5ccccc5)c4)cc23)cc1. The number of anilines is 3. The zero-order chi connectivity index (χ0) is 27.2. The van der Waals surface area contributed by atoms with E-state index in [1.807, 2.05) is 54.6 Å². The molecule has 39 heavy (non-hydrogen) atoms. The maximum Gasteiger partial charge on any atom is 0.256 e. The molecule has 5 aromatic rings. The number of aromatic nitrogens is 3. The Morgan fingerprint density at radius 2 is 1.72 bits per heavy atom. The first-order chi connectivity index (χ1) is 19.0. The minimum Gasteiger partial charge on any atom is -0.387 e. The quantitative estimate of drug-likeness (QED) is 0.172. The second kappa shape index (κ2) is 11.4. The van der Waals surface area contributed by atoms with Crippen molar-refractivity contribution in [2.45, 2.75) is 6.10 Å². The molecule has 0 fully saturated rings. The van der Waals surface area contributed by atoms with Gasteiger partial charge in [-0.2, -0.15) is 5.10 Å². The Bertz CT molecular complexity index is 1630. The molecule has 0 aliphatic carbocycles. The van der Waals surface area contributed by atoms with Crippen molar-refractivity contribution in [3.63, 3.8) is 0 Å². The van der Waals surface area contributed by atoms with Crippen LogP contribution in [0.2, 0.25) is 0 Å². The first kappa shape index (κ1) is 25.4. The van der Waals surface area contributed by atoms with Crippen molar-refractivity contribution in [1.29, 1.82) is 0 Å². The van der Waals surface area contributed by atoms with Gasteiger partial charge in [0.1, 0.15) is 0 Å². The summed E-state index contributed by atoms with van der Waals surface area (Å²) in [5.41, 5.74) is 5.12. The molecular weight excluding hydrogens is 492 g/mol. The van der Waals surface area contributed by atoms with E-state index in [-0.39, 0.29) is 11.8 Å². The molecule has 5 N–H and O–H groups in total. The number of hydrogen-bond donors (Lipinski definition) is 5. The lowest BCUT2D eigenvalue weighted by Crippen LogP contribution is -2.13. The van der Waals surface area contributed by atoms with E-state index in [1.165, 1.54) is 6.08 Å². The zero-order valence-electron chi connectivity index (χ0n) is 20.9. The summed E-state index contributed by atoms with van der Waals surface area (Å²) < 4.78 is 0. The highest BCUT2D eigenvalue weighted by atomic mass is 16.3. The van der Waals surface area contributed by atoms with Crippen molar-refractivity contribution in [3.8, 4) is 11.1 Å². The Balaban J connectivity index is 1.30. The summed E-state index contributed by atoms with van der Waals surface area (Å²) in [6, 6.07) is 23.7. The van der Waals surface area contributed by atoms with Gasteiger partial charge in [-0.05, 0) is 59.7 Å². The summed E-state index contributed by atoms with van der Waals surface area (Å²) in [7, 11) is 0. The van der Waals surface area contributed by atoms with Crippen LogP contribution in [0.3, 0.4) is 0 Å². The van der Waals surface area contributed by atoms with E-state index in [1.54, 1.807) is 36.7 Å². The lowest BCUT2D eigenvalue weighted by Gasteiger charge is -2.13. The van der Waals surface area contributed by atoms with Gasteiger partial charge in [-0.3, -0.25) is 19.7 Å². The fourth-order valence-electron chi connectivity index (χ4n) is 4.07. The molecule has 2 amide bonds. The minimum atomic E-state index is -0.648. The predicted molar refractivity (Wildman–Crippen MR) is 152 cm³/mol. The van der Waals surface area contributed by atoms with Gasteiger partial charge in [0.05, 0.1) is 17.3 Å². The van der Waals surface area contributed by atoms with E-state index in [0.717, 1.165) is 33.3 Å². The molecular formula is C30H26N6O3. The summed E-state index contributed by atoms with van der Waals surface area (Å²) >= 11 is 0. The molecule has 0 aliphatic rings. The van der Waals surface area contributed by atoms with Crippen LogP contribution in [-0.2, 0) is 4.79 Å². The van der Waals surface area contributed by atoms with Gasteiger partial charge in [-0.15, -0.1) is 0 Å². The fourth-order valence-corrected chi connectivity index (χ4v) is 4.07. The van der Waals surface area contributed by atoms with Crippen LogP contribution in [0.1, 0.15) is 22.0 Å². The molecule has 2 heterocycles. The van der Waals surface area contributed by atoms with E-state index >= 15 is 0 Å². The van der Waals surface area contributed by atoms with Crippen LogP contribution in [0, 0.1) is 0 Å². The number of amides is 2. The minimum absolute atomic E-state index is 0.327. The normalized spacial score (nSPS) is 11.5. The van der Waals surface area contributed by atoms with Crippen molar-refractivity contribution < 1.29 is 14.7 Å². The average molecular weight is 519 g/mol. The van der Waals surface area contributed by atoms with Gasteiger partial charge in [0, 0.05) is 41.1 Å². The summed E-state index contributed by atoms with van der Waals surface area (Å²) in [4.78, 5) is 28.7. The van der Waals surface area contributed by atoms with E-state index in [9.17, 15) is 14.7 Å². The lowest BCUT2D eigenvalue weighted by molar-refractivity contribution is -0.111. The van der Waals surface area contributed by atoms with Crippen LogP contribution >= 0.6 is 0 Å². The fraction of sp³-hybridized carbons (Fsp3) is 0.0667. The highest BCUT2D eigenvalue weighted by Crippen LogP contribution is 2.29. The number of H-pyrrole nitrogens is 1. The number of fused-ring (bicyclic) bond motifs is 1. The molecule has 0 unspecified atom stereocenters. The molecule has 0 bridgehead atoms. The number of rotatable bonds is 9. The molecule has 2 aromatic heterocycles. The lowest BCUT2D eigenvalue weighted by atomic mass is 10.0. The van der Waals surface area contributed by atoms with Gasteiger partial charge in [-0.25, -0.2) is 0 Å². The third kappa shape index (κ3) is 6.00. The average Bonchev–Trinajstić information content (AvgIpc) is 3.38. The molecule has 0 saturated heterocycles. The molecule has 0 radical (unpaired) electrons. The molecule has 194 valence electrons. The van der Waals surface area contributed by atoms with Crippen molar-refractivity contribution in [3.05, 3.63) is 115 Å². The van der Waals surface area contributed by atoms with Gasteiger partial charge in [-0.1, -0.05) is 43.0 Å². The maximum atomic E-state index is 12.9.